The molecule has 1 atom stereocenters. The van der Waals surface area contributed by atoms with Gasteiger partial charge in [0, 0.05) is 27.9 Å². The molecule has 2 heteroatoms. The fourth-order valence-corrected chi connectivity index (χ4v) is 4.03. The molecule has 0 bridgehead atoms. The van der Waals surface area contributed by atoms with Crippen molar-refractivity contribution in [3.63, 3.8) is 0 Å². The van der Waals surface area contributed by atoms with E-state index in [9.17, 15) is 0 Å². The Morgan fingerprint density at radius 2 is 1.79 bits per heavy atom. The number of furan rings is 1. The summed E-state index contributed by atoms with van der Waals surface area (Å²) in [6.45, 7) is 1.06. The van der Waals surface area contributed by atoms with Gasteiger partial charge in [-0.2, -0.15) is 0 Å². The summed E-state index contributed by atoms with van der Waals surface area (Å²) < 4.78 is 39.9. The van der Waals surface area contributed by atoms with Gasteiger partial charge in [0.2, 0.25) is 5.69 Å². The first-order valence-electron chi connectivity index (χ1n) is 11.4. The predicted octanol–water partition coefficient (Wildman–Crippen LogP) is 6.66. The Morgan fingerprint density at radius 1 is 1.00 bits per heavy atom. The molecule has 2 aromatic heterocycles. The van der Waals surface area contributed by atoms with Gasteiger partial charge >= 0.3 is 0 Å². The van der Waals surface area contributed by atoms with Crippen LogP contribution in [0.1, 0.15) is 36.3 Å². The first kappa shape index (κ1) is 13.1. The molecule has 5 rings (SSSR count). The quantitative estimate of drug-likeness (QED) is 0.317. The lowest BCUT2D eigenvalue weighted by Crippen LogP contribution is -2.31. The number of hydrogen-bond acceptors (Lipinski definition) is 1. The van der Waals surface area contributed by atoms with Crippen LogP contribution in [0.25, 0.3) is 44.0 Å². The van der Waals surface area contributed by atoms with Crippen molar-refractivity contribution in [2.24, 2.45) is 7.05 Å². The van der Waals surface area contributed by atoms with E-state index in [1.807, 2.05) is 36.7 Å². The van der Waals surface area contributed by atoms with Crippen molar-refractivity contribution < 1.29 is 14.5 Å². The first-order chi connectivity index (χ1) is 15.1. The third-order valence-electron chi connectivity index (χ3n) is 5.54. The number of benzene rings is 3. The zero-order valence-corrected chi connectivity index (χ0v) is 16.2. The molecule has 138 valence electrons. The van der Waals surface area contributed by atoms with E-state index in [1.54, 1.807) is 12.3 Å². The molecule has 0 amide bonds. The number of rotatable bonds is 2. The lowest BCUT2D eigenvalue weighted by molar-refractivity contribution is -0.660. The van der Waals surface area contributed by atoms with Crippen molar-refractivity contribution in [3.05, 3.63) is 78.0 Å². The summed E-state index contributed by atoms with van der Waals surface area (Å²) in [5.74, 6) is -1.69. The second-order valence-electron chi connectivity index (χ2n) is 7.47. The van der Waals surface area contributed by atoms with Gasteiger partial charge in [-0.15, -0.1) is 0 Å². The van der Waals surface area contributed by atoms with E-state index in [1.165, 1.54) is 12.3 Å². The summed E-state index contributed by atoms with van der Waals surface area (Å²) in [4.78, 5) is 0. The monoisotopic (exact) mass is 370 g/mol. The molecule has 0 saturated carbocycles. The van der Waals surface area contributed by atoms with E-state index in [0.717, 1.165) is 44.1 Å². The predicted molar refractivity (Wildman–Crippen MR) is 117 cm³/mol. The minimum absolute atomic E-state index is 0.449. The number of aromatic nitrogens is 1. The molecule has 0 spiro atoms. The maximum absolute atomic E-state index is 8.41. The van der Waals surface area contributed by atoms with E-state index in [4.69, 9.17) is 9.90 Å². The summed E-state index contributed by atoms with van der Waals surface area (Å²) >= 11 is 0. The van der Waals surface area contributed by atoms with Crippen molar-refractivity contribution in [3.8, 4) is 11.3 Å². The highest BCUT2D eigenvalue weighted by atomic mass is 16.3. The lowest BCUT2D eigenvalue weighted by Gasteiger charge is -2.08. The van der Waals surface area contributed by atoms with Gasteiger partial charge in [-0.3, -0.25) is 0 Å². The standard InChI is InChI=1S/C26H24NO/c1-16(2)20-10-12-23(27(4)15-20)25-17(3)9-11-21-22-13-18-7-5-6-8-19(18)14-24(22)28-26(21)25/h5-16H,1-4H3/q+1/i1D3,16D. The molecule has 0 N–H and O–H groups in total. The van der Waals surface area contributed by atoms with Crippen LogP contribution in [0.4, 0.5) is 0 Å². The molecule has 28 heavy (non-hydrogen) atoms. The summed E-state index contributed by atoms with van der Waals surface area (Å²) in [7, 11) is 1.88. The maximum Gasteiger partial charge on any atom is 0.216 e. The number of fused-ring (bicyclic) bond motifs is 4. The van der Waals surface area contributed by atoms with Crippen LogP contribution in [-0.4, -0.2) is 0 Å². The molecule has 2 nitrogen and oxygen atoms in total. The van der Waals surface area contributed by atoms with Crippen LogP contribution >= 0.6 is 0 Å². The Bertz CT molecular complexity index is 1510. The summed E-state index contributed by atoms with van der Waals surface area (Å²) in [6.07, 6.45) is 1.74. The van der Waals surface area contributed by atoms with E-state index in [0.29, 0.717) is 5.56 Å². The van der Waals surface area contributed by atoms with Gasteiger partial charge in [-0.05, 0) is 47.4 Å². The molecule has 2 heterocycles. The largest absolute Gasteiger partial charge is 0.455 e. The molecule has 0 aliphatic rings. The fourth-order valence-electron chi connectivity index (χ4n) is 4.03. The fraction of sp³-hybridized carbons (Fsp3) is 0.192. The van der Waals surface area contributed by atoms with Crippen molar-refractivity contribution in [2.45, 2.75) is 26.6 Å². The van der Waals surface area contributed by atoms with Gasteiger partial charge in [-0.1, -0.05) is 50.2 Å². The molecule has 3 aromatic carbocycles. The lowest BCUT2D eigenvalue weighted by atomic mass is 9.98. The van der Waals surface area contributed by atoms with Crippen LogP contribution in [0.5, 0.6) is 0 Å². The SMILES string of the molecule is [2H]C([2H])([2H])C([2H])(C)c1ccc(-c2c(C)ccc3c2oc2cc4ccccc4cc23)[n+](C)c1. The van der Waals surface area contributed by atoms with Gasteiger partial charge in [0.05, 0.1) is 5.56 Å². The summed E-state index contributed by atoms with van der Waals surface area (Å²) in [6, 6.07) is 20.3. The normalized spacial score (nSPS) is 16.5. The van der Waals surface area contributed by atoms with Crippen molar-refractivity contribution in [2.75, 3.05) is 0 Å². The Kier molecular flexibility index (Phi) is 2.90. The average Bonchev–Trinajstić information content (AvgIpc) is 3.09. The highest BCUT2D eigenvalue weighted by Gasteiger charge is 2.21. The molecule has 0 aliphatic carbocycles. The number of nitrogens with zero attached hydrogens (tertiary/aromatic N) is 1. The smallest absolute Gasteiger partial charge is 0.216 e. The van der Waals surface area contributed by atoms with E-state index >= 15 is 0 Å². The van der Waals surface area contributed by atoms with Crippen LogP contribution in [-0.2, 0) is 7.05 Å². The molecular formula is C26H24NO+. The van der Waals surface area contributed by atoms with Gasteiger partial charge in [0.15, 0.2) is 6.20 Å². The molecular weight excluding hydrogens is 342 g/mol. The van der Waals surface area contributed by atoms with Crippen LogP contribution in [0, 0.1) is 6.92 Å². The first-order valence-corrected chi connectivity index (χ1v) is 9.43. The summed E-state index contributed by atoms with van der Waals surface area (Å²) in [5, 5.41) is 4.41. The molecule has 0 saturated heterocycles. The molecule has 0 radical (unpaired) electrons. The second kappa shape index (κ2) is 6.20. The minimum atomic E-state index is -2.42. The molecule has 0 aliphatic heterocycles. The van der Waals surface area contributed by atoms with Crippen LogP contribution < -0.4 is 4.57 Å². The number of aryl methyl sites for hydroxylation is 2. The van der Waals surface area contributed by atoms with Gasteiger partial charge in [-0.25, -0.2) is 4.57 Å². The van der Waals surface area contributed by atoms with Crippen LogP contribution in [0.3, 0.4) is 0 Å². The van der Waals surface area contributed by atoms with E-state index < -0.39 is 12.7 Å². The van der Waals surface area contributed by atoms with Crippen molar-refractivity contribution in [1.82, 2.24) is 0 Å². The molecule has 5 aromatic rings. The van der Waals surface area contributed by atoms with Crippen molar-refractivity contribution in [1.29, 1.82) is 0 Å². The Morgan fingerprint density at radius 3 is 2.54 bits per heavy atom. The highest BCUT2D eigenvalue weighted by Crippen LogP contribution is 2.38. The molecule has 1 unspecified atom stereocenters. The van der Waals surface area contributed by atoms with Crippen LogP contribution in [0.15, 0.2) is 71.3 Å². The topological polar surface area (TPSA) is 17.0 Å². The van der Waals surface area contributed by atoms with Gasteiger partial charge < -0.3 is 4.42 Å². The summed E-state index contributed by atoms with van der Waals surface area (Å²) in [5.41, 5.74) is 5.03. The number of pyridine rings is 1. The second-order valence-corrected chi connectivity index (χ2v) is 7.47. The number of hydrogen-bond donors (Lipinski definition) is 0. The maximum atomic E-state index is 8.41. The van der Waals surface area contributed by atoms with Crippen LogP contribution in [0.2, 0.25) is 0 Å². The van der Waals surface area contributed by atoms with Crippen molar-refractivity contribution >= 4 is 32.7 Å². The minimum Gasteiger partial charge on any atom is -0.455 e. The third-order valence-corrected chi connectivity index (χ3v) is 5.54. The van der Waals surface area contributed by atoms with E-state index in [-0.39, 0.29) is 0 Å². The van der Waals surface area contributed by atoms with E-state index in [2.05, 4.69) is 36.4 Å². The third kappa shape index (κ3) is 2.52. The zero-order valence-electron chi connectivity index (χ0n) is 20.2. The Hall–Kier alpha value is -3.13. The Balaban J connectivity index is 1.75. The Labute approximate surface area is 170 Å². The molecule has 0 fully saturated rings. The van der Waals surface area contributed by atoms with Gasteiger partial charge in [0.25, 0.3) is 0 Å². The highest BCUT2D eigenvalue weighted by molar-refractivity contribution is 6.13. The average molecular weight is 371 g/mol. The zero-order chi connectivity index (χ0) is 22.8. The van der Waals surface area contributed by atoms with Gasteiger partial charge in [0.1, 0.15) is 18.2 Å².